The average Bonchev–Trinajstić information content (AvgIpc) is 2.41. The van der Waals surface area contributed by atoms with Crippen LogP contribution < -0.4 is 5.32 Å². The molecule has 0 aromatic heterocycles. The predicted octanol–water partition coefficient (Wildman–Crippen LogP) is 3.40. The topological polar surface area (TPSA) is 55.4 Å². The van der Waals surface area contributed by atoms with Crippen LogP contribution in [0.2, 0.25) is 5.02 Å². The minimum absolute atomic E-state index is 0.00187. The van der Waals surface area contributed by atoms with E-state index in [1.54, 1.807) is 0 Å². The summed E-state index contributed by atoms with van der Waals surface area (Å²) in [5.74, 6) is -1.86. The zero-order valence-corrected chi connectivity index (χ0v) is 12.2. The van der Waals surface area contributed by atoms with Crippen LogP contribution in [0.1, 0.15) is 26.7 Å². The lowest BCUT2D eigenvalue weighted by Gasteiger charge is -2.12. The molecule has 6 heteroatoms. The molecule has 0 fully saturated rings. The molecule has 0 saturated carbocycles. The van der Waals surface area contributed by atoms with Gasteiger partial charge in [0.2, 0.25) is 0 Å². The summed E-state index contributed by atoms with van der Waals surface area (Å²) in [7, 11) is 0. The van der Waals surface area contributed by atoms with E-state index in [4.69, 9.17) is 16.3 Å². The maximum Gasteiger partial charge on any atom is 0.309 e. The molecule has 110 valence electrons. The first-order valence-corrected chi connectivity index (χ1v) is 6.77. The molecule has 0 atom stereocenters. The fraction of sp³-hybridized carbons (Fsp3) is 0.429. The van der Waals surface area contributed by atoms with Gasteiger partial charge in [-0.15, -0.1) is 0 Å². The number of ether oxygens (including phenoxy) is 1. The normalized spacial score (nSPS) is 10.4. The molecule has 20 heavy (non-hydrogen) atoms. The Balaban J connectivity index is 2.50. The lowest BCUT2D eigenvalue weighted by atomic mass is 10.0. The Morgan fingerprint density at radius 3 is 2.55 bits per heavy atom. The monoisotopic (exact) mass is 301 g/mol. The van der Waals surface area contributed by atoms with Gasteiger partial charge in [0.15, 0.2) is 6.61 Å². The molecule has 1 amide bonds. The molecule has 0 aliphatic carbocycles. The molecule has 4 nitrogen and oxygen atoms in total. The number of halogens is 2. The van der Waals surface area contributed by atoms with Gasteiger partial charge in [-0.1, -0.05) is 25.4 Å². The van der Waals surface area contributed by atoms with Gasteiger partial charge >= 0.3 is 5.97 Å². The second-order valence-corrected chi connectivity index (χ2v) is 4.73. The summed E-state index contributed by atoms with van der Waals surface area (Å²) in [4.78, 5) is 23.1. The van der Waals surface area contributed by atoms with Crippen LogP contribution in [0.4, 0.5) is 10.1 Å². The Hall–Kier alpha value is -1.62. The molecule has 1 aromatic carbocycles. The second kappa shape index (κ2) is 7.85. The van der Waals surface area contributed by atoms with Gasteiger partial charge in [-0.05, 0) is 31.0 Å². The number of benzene rings is 1. The Labute approximate surface area is 122 Å². The van der Waals surface area contributed by atoms with E-state index in [0.717, 1.165) is 6.07 Å². The van der Waals surface area contributed by atoms with E-state index in [2.05, 4.69) is 5.32 Å². The maximum atomic E-state index is 13.4. The van der Waals surface area contributed by atoms with Gasteiger partial charge in [-0.25, -0.2) is 4.39 Å². The number of nitrogens with one attached hydrogen (secondary N) is 1. The molecule has 1 N–H and O–H groups in total. The first-order valence-electron chi connectivity index (χ1n) is 6.39. The van der Waals surface area contributed by atoms with E-state index < -0.39 is 24.3 Å². The SMILES string of the molecule is CCC(CC)C(=O)OCC(=O)Nc1ccc(Cl)cc1F. The predicted molar refractivity (Wildman–Crippen MR) is 75.1 cm³/mol. The summed E-state index contributed by atoms with van der Waals surface area (Å²) < 4.78 is 18.3. The number of hydrogen-bond acceptors (Lipinski definition) is 3. The highest BCUT2D eigenvalue weighted by molar-refractivity contribution is 6.30. The van der Waals surface area contributed by atoms with E-state index in [1.165, 1.54) is 12.1 Å². The van der Waals surface area contributed by atoms with E-state index in [1.807, 2.05) is 13.8 Å². The van der Waals surface area contributed by atoms with Crippen molar-refractivity contribution in [3.8, 4) is 0 Å². The van der Waals surface area contributed by atoms with Crippen LogP contribution in [0.5, 0.6) is 0 Å². The van der Waals surface area contributed by atoms with Gasteiger partial charge in [-0.3, -0.25) is 9.59 Å². The Morgan fingerprint density at radius 2 is 2.00 bits per heavy atom. The zero-order valence-electron chi connectivity index (χ0n) is 11.4. The van der Waals surface area contributed by atoms with Gasteiger partial charge in [0.1, 0.15) is 5.82 Å². The van der Waals surface area contributed by atoms with E-state index in [-0.39, 0.29) is 16.6 Å². The summed E-state index contributed by atoms with van der Waals surface area (Å²) in [5, 5.41) is 2.55. The molecular formula is C14H17ClFNO3. The number of esters is 1. The minimum atomic E-state index is -0.642. The summed E-state index contributed by atoms with van der Waals surface area (Å²) in [6.07, 6.45) is 1.31. The number of rotatable bonds is 6. The van der Waals surface area contributed by atoms with Crippen LogP contribution >= 0.6 is 11.6 Å². The van der Waals surface area contributed by atoms with E-state index in [0.29, 0.717) is 12.8 Å². The van der Waals surface area contributed by atoms with Crippen molar-refractivity contribution < 1.29 is 18.7 Å². The molecule has 1 aromatic rings. The Morgan fingerprint density at radius 1 is 1.35 bits per heavy atom. The number of anilines is 1. The van der Waals surface area contributed by atoms with Crippen LogP contribution in [0, 0.1) is 11.7 Å². The highest BCUT2D eigenvalue weighted by Gasteiger charge is 2.17. The molecule has 0 aliphatic rings. The summed E-state index contributed by atoms with van der Waals surface area (Å²) in [6, 6.07) is 3.89. The average molecular weight is 302 g/mol. The molecule has 0 radical (unpaired) electrons. The van der Waals surface area contributed by atoms with E-state index in [9.17, 15) is 14.0 Å². The summed E-state index contributed by atoms with van der Waals surface area (Å²) >= 11 is 5.60. The van der Waals surface area contributed by atoms with Gasteiger partial charge in [-0.2, -0.15) is 0 Å². The van der Waals surface area contributed by atoms with Crippen molar-refractivity contribution in [1.29, 1.82) is 0 Å². The third-order valence-corrected chi connectivity index (χ3v) is 3.10. The highest BCUT2D eigenvalue weighted by atomic mass is 35.5. The third-order valence-electron chi connectivity index (χ3n) is 2.87. The molecule has 1 rings (SSSR count). The number of carbonyl (C=O) groups is 2. The fourth-order valence-corrected chi connectivity index (χ4v) is 1.81. The molecular weight excluding hydrogens is 285 g/mol. The van der Waals surface area contributed by atoms with Crippen LogP contribution in [0.3, 0.4) is 0 Å². The molecule has 0 aliphatic heterocycles. The molecule has 0 unspecified atom stereocenters. The molecule has 0 spiro atoms. The summed E-state index contributed by atoms with van der Waals surface area (Å²) in [6.45, 7) is 3.31. The van der Waals surface area contributed by atoms with Crippen molar-refractivity contribution in [2.75, 3.05) is 11.9 Å². The Bertz CT molecular complexity index is 489. The quantitative estimate of drug-likeness (QED) is 0.819. The standard InChI is InChI=1S/C14H17ClFNO3/c1-3-9(4-2)14(19)20-8-13(18)17-12-6-5-10(15)7-11(12)16/h5-7,9H,3-4,8H2,1-2H3,(H,17,18). The fourth-order valence-electron chi connectivity index (χ4n) is 1.65. The molecule has 0 bridgehead atoms. The van der Waals surface area contributed by atoms with Crippen LogP contribution in [-0.2, 0) is 14.3 Å². The second-order valence-electron chi connectivity index (χ2n) is 4.29. The van der Waals surface area contributed by atoms with Crippen molar-refractivity contribution in [3.63, 3.8) is 0 Å². The smallest absolute Gasteiger partial charge is 0.309 e. The van der Waals surface area contributed by atoms with Crippen LogP contribution in [0.25, 0.3) is 0 Å². The third kappa shape index (κ3) is 4.81. The van der Waals surface area contributed by atoms with Gasteiger partial charge in [0, 0.05) is 5.02 Å². The van der Waals surface area contributed by atoms with Gasteiger partial charge < -0.3 is 10.1 Å². The lowest BCUT2D eigenvalue weighted by Crippen LogP contribution is -2.24. The first-order chi connectivity index (χ1) is 9.47. The minimum Gasteiger partial charge on any atom is -0.455 e. The van der Waals surface area contributed by atoms with E-state index >= 15 is 0 Å². The zero-order chi connectivity index (χ0) is 15.1. The van der Waals surface area contributed by atoms with Crippen molar-refractivity contribution in [2.45, 2.75) is 26.7 Å². The van der Waals surface area contributed by atoms with Crippen molar-refractivity contribution in [3.05, 3.63) is 29.0 Å². The number of carbonyl (C=O) groups excluding carboxylic acids is 2. The molecule has 0 saturated heterocycles. The first kappa shape index (κ1) is 16.4. The number of amides is 1. The van der Waals surface area contributed by atoms with Crippen molar-refractivity contribution in [1.82, 2.24) is 0 Å². The molecule has 0 heterocycles. The number of hydrogen-bond donors (Lipinski definition) is 1. The van der Waals surface area contributed by atoms with Crippen molar-refractivity contribution >= 4 is 29.2 Å². The summed E-state index contributed by atoms with van der Waals surface area (Å²) in [5.41, 5.74) is -0.00187. The van der Waals surface area contributed by atoms with Gasteiger partial charge in [0.05, 0.1) is 11.6 Å². The Kier molecular flexibility index (Phi) is 6.45. The van der Waals surface area contributed by atoms with Gasteiger partial charge in [0.25, 0.3) is 5.91 Å². The van der Waals surface area contributed by atoms with Crippen LogP contribution in [-0.4, -0.2) is 18.5 Å². The maximum absolute atomic E-state index is 13.4. The largest absolute Gasteiger partial charge is 0.455 e. The lowest BCUT2D eigenvalue weighted by molar-refractivity contribution is -0.151. The van der Waals surface area contributed by atoms with Crippen molar-refractivity contribution in [2.24, 2.45) is 5.92 Å². The highest BCUT2D eigenvalue weighted by Crippen LogP contribution is 2.18. The van der Waals surface area contributed by atoms with Crippen LogP contribution in [0.15, 0.2) is 18.2 Å².